The Morgan fingerprint density at radius 2 is 2.06 bits per heavy atom. The summed E-state index contributed by atoms with van der Waals surface area (Å²) in [6.07, 6.45) is 5.60. The molecule has 1 aromatic rings. The lowest BCUT2D eigenvalue weighted by molar-refractivity contribution is 0.192. The van der Waals surface area contributed by atoms with Crippen molar-refractivity contribution >= 4 is 0 Å². The van der Waals surface area contributed by atoms with Gasteiger partial charge in [0.25, 0.3) is 0 Å². The van der Waals surface area contributed by atoms with Gasteiger partial charge >= 0.3 is 0 Å². The number of hydrogen-bond acceptors (Lipinski definition) is 4. The van der Waals surface area contributed by atoms with E-state index in [0.29, 0.717) is 12.6 Å². The van der Waals surface area contributed by atoms with E-state index in [0.717, 1.165) is 18.1 Å². The van der Waals surface area contributed by atoms with Crippen LogP contribution in [-0.4, -0.2) is 32.5 Å². The van der Waals surface area contributed by atoms with Gasteiger partial charge < -0.3 is 15.0 Å². The average Bonchev–Trinajstić information content (AvgIpc) is 2.97. The van der Waals surface area contributed by atoms with E-state index in [9.17, 15) is 5.11 Å². The average molecular weight is 236 g/mol. The first-order valence-electron chi connectivity index (χ1n) is 6.58. The summed E-state index contributed by atoms with van der Waals surface area (Å²) in [5.41, 5.74) is 0. The SMILES string of the molecule is Cc1nnc([C@H]2C[C@@H](O)CN2)n1C1CCCC1. The van der Waals surface area contributed by atoms with Gasteiger partial charge in [0.05, 0.1) is 12.1 Å². The van der Waals surface area contributed by atoms with Crippen LogP contribution < -0.4 is 5.32 Å². The zero-order chi connectivity index (χ0) is 11.8. The van der Waals surface area contributed by atoms with Crippen LogP contribution in [0.3, 0.4) is 0 Å². The Morgan fingerprint density at radius 1 is 1.29 bits per heavy atom. The number of aliphatic hydroxyl groups excluding tert-OH is 1. The topological polar surface area (TPSA) is 63.0 Å². The molecule has 2 heterocycles. The van der Waals surface area contributed by atoms with E-state index in [1.807, 2.05) is 6.92 Å². The molecular weight excluding hydrogens is 216 g/mol. The first kappa shape index (κ1) is 11.2. The van der Waals surface area contributed by atoms with Crippen molar-refractivity contribution in [2.45, 2.75) is 57.2 Å². The third-order valence-corrected chi connectivity index (χ3v) is 4.00. The van der Waals surface area contributed by atoms with Crippen LogP contribution in [0.15, 0.2) is 0 Å². The Bertz CT molecular complexity index is 397. The molecule has 0 spiro atoms. The van der Waals surface area contributed by atoms with Gasteiger partial charge in [0, 0.05) is 12.6 Å². The molecule has 1 saturated carbocycles. The molecule has 5 nitrogen and oxygen atoms in total. The Kier molecular flexibility index (Phi) is 2.88. The molecule has 3 rings (SSSR count). The number of hydrogen-bond donors (Lipinski definition) is 2. The smallest absolute Gasteiger partial charge is 0.150 e. The second kappa shape index (κ2) is 4.38. The highest BCUT2D eigenvalue weighted by Crippen LogP contribution is 2.33. The van der Waals surface area contributed by atoms with Gasteiger partial charge in [-0.3, -0.25) is 0 Å². The number of aliphatic hydroxyl groups is 1. The molecule has 0 radical (unpaired) electrons. The van der Waals surface area contributed by atoms with Gasteiger partial charge in [0.2, 0.25) is 0 Å². The quantitative estimate of drug-likeness (QED) is 0.807. The van der Waals surface area contributed by atoms with Gasteiger partial charge in [-0.25, -0.2) is 0 Å². The number of nitrogens with zero attached hydrogens (tertiary/aromatic N) is 3. The van der Waals surface area contributed by atoms with Crippen molar-refractivity contribution in [1.29, 1.82) is 0 Å². The van der Waals surface area contributed by atoms with Crippen molar-refractivity contribution < 1.29 is 5.11 Å². The molecule has 0 aromatic carbocycles. The molecule has 1 saturated heterocycles. The van der Waals surface area contributed by atoms with Crippen molar-refractivity contribution in [1.82, 2.24) is 20.1 Å². The summed E-state index contributed by atoms with van der Waals surface area (Å²) in [6, 6.07) is 0.742. The molecule has 1 aromatic heterocycles. The first-order valence-corrected chi connectivity index (χ1v) is 6.58. The fraction of sp³-hybridized carbons (Fsp3) is 0.833. The minimum Gasteiger partial charge on any atom is -0.392 e. The van der Waals surface area contributed by atoms with Gasteiger partial charge in [0.1, 0.15) is 5.82 Å². The minimum atomic E-state index is -0.242. The van der Waals surface area contributed by atoms with Crippen LogP contribution in [0.5, 0.6) is 0 Å². The summed E-state index contributed by atoms with van der Waals surface area (Å²) in [6.45, 7) is 2.70. The van der Waals surface area contributed by atoms with Gasteiger partial charge in [0.15, 0.2) is 5.82 Å². The van der Waals surface area contributed by atoms with E-state index < -0.39 is 0 Å². The molecule has 0 bridgehead atoms. The maximum Gasteiger partial charge on any atom is 0.150 e. The molecule has 2 fully saturated rings. The normalized spacial score (nSPS) is 30.2. The summed E-state index contributed by atoms with van der Waals surface area (Å²) < 4.78 is 2.29. The van der Waals surface area contributed by atoms with E-state index in [-0.39, 0.29) is 12.1 Å². The van der Waals surface area contributed by atoms with Crippen molar-refractivity contribution in [3.63, 3.8) is 0 Å². The van der Waals surface area contributed by atoms with E-state index in [1.165, 1.54) is 25.7 Å². The van der Waals surface area contributed by atoms with Crippen molar-refractivity contribution in [3.8, 4) is 0 Å². The zero-order valence-electron chi connectivity index (χ0n) is 10.3. The highest BCUT2D eigenvalue weighted by atomic mass is 16.3. The molecular formula is C12H20N4O. The summed E-state index contributed by atoms with van der Waals surface area (Å²) in [4.78, 5) is 0. The number of rotatable bonds is 2. The third-order valence-electron chi connectivity index (χ3n) is 4.00. The molecule has 0 unspecified atom stereocenters. The van der Waals surface area contributed by atoms with Gasteiger partial charge in [-0.05, 0) is 26.2 Å². The summed E-state index contributed by atoms with van der Waals surface area (Å²) >= 11 is 0. The molecule has 17 heavy (non-hydrogen) atoms. The fourth-order valence-electron chi connectivity index (χ4n) is 3.15. The van der Waals surface area contributed by atoms with Crippen LogP contribution in [0.2, 0.25) is 0 Å². The Morgan fingerprint density at radius 3 is 2.71 bits per heavy atom. The van der Waals surface area contributed by atoms with Gasteiger partial charge in [-0.15, -0.1) is 10.2 Å². The molecule has 1 aliphatic carbocycles. The predicted molar refractivity (Wildman–Crippen MR) is 63.6 cm³/mol. The standard InChI is InChI=1S/C12H20N4O/c1-8-14-15-12(11-6-10(17)7-13-11)16(8)9-4-2-3-5-9/h9-11,13,17H,2-7H2,1H3/t10-,11-/m1/s1. The van der Waals surface area contributed by atoms with E-state index in [1.54, 1.807) is 0 Å². The summed E-state index contributed by atoms with van der Waals surface area (Å²) in [5.74, 6) is 2.03. The Labute approximate surface area is 101 Å². The van der Waals surface area contributed by atoms with Gasteiger partial charge in [-0.2, -0.15) is 0 Å². The number of aryl methyl sites for hydroxylation is 1. The van der Waals surface area contributed by atoms with Crippen LogP contribution in [0.1, 0.15) is 55.8 Å². The second-order valence-electron chi connectivity index (χ2n) is 5.26. The molecule has 1 aliphatic heterocycles. The summed E-state index contributed by atoms with van der Waals surface area (Å²) in [7, 11) is 0. The molecule has 2 atom stereocenters. The van der Waals surface area contributed by atoms with Crippen LogP contribution in [-0.2, 0) is 0 Å². The molecule has 0 amide bonds. The lowest BCUT2D eigenvalue weighted by Crippen LogP contribution is -2.20. The van der Waals surface area contributed by atoms with Crippen LogP contribution in [0.25, 0.3) is 0 Å². The van der Waals surface area contributed by atoms with Crippen molar-refractivity contribution in [2.24, 2.45) is 0 Å². The Balaban J connectivity index is 1.88. The fourth-order valence-corrected chi connectivity index (χ4v) is 3.15. The molecule has 5 heteroatoms. The lowest BCUT2D eigenvalue weighted by atomic mass is 10.1. The van der Waals surface area contributed by atoms with Crippen molar-refractivity contribution in [2.75, 3.05) is 6.54 Å². The maximum atomic E-state index is 9.60. The lowest BCUT2D eigenvalue weighted by Gasteiger charge is -2.18. The number of aromatic nitrogens is 3. The Hall–Kier alpha value is -0.940. The second-order valence-corrected chi connectivity index (χ2v) is 5.26. The molecule has 2 N–H and O–H groups in total. The minimum absolute atomic E-state index is 0.173. The molecule has 94 valence electrons. The van der Waals surface area contributed by atoms with E-state index >= 15 is 0 Å². The van der Waals surface area contributed by atoms with Crippen molar-refractivity contribution in [3.05, 3.63) is 11.6 Å². The largest absolute Gasteiger partial charge is 0.392 e. The maximum absolute atomic E-state index is 9.60. The van der Waals surface area contributed by atoms with Gasteiger partial charge in [-0.1, -0.05) is 12.8 Å². The highest BCUT2D eigenvalue weighted by molar-refractivity contribution is 5.06. The first-order chi connectivity index (χ1) is 8.25. The molecule has 2 aliphatic rings. The third kappa shape index (κ3) is 1.98. The summed E-state index contributed by atoms with van der Waals surface area (Å²) in [5, 5.41) is 21.5. The van der Waals surface area contributed by atoms with Crippen LogP contribution in [0, 0.1) is 6.92 Å². The van der Waals surface area contributed by atoms with Crippen LogP contribution >= 0.6 is 0 Å². The zero-order valence-corrected chi connectivity index (χ0v) is 10.3. The number of nitrogens with one attached hydrogen (secondary N) is 1. The van der Waals surface area contributed by atoms with Crippen LogP contribution in [0.4, 0.5) is 0 Å². The highest BCUT2D eigenvalue weighted by Gasteiger charge is 2.31. The van der Waals surface area contributed by atoms with E-state index in [2.05, 4.69) is 20.1 Å². The predicted octanol–water partition coefficient (Wildman–Crippen LogP) is 1.10. The monoisotopic (exact) mass is 236 g/mol. The van der Waals surface area contributed by atoms with E-state index in [4.69, 9.17) is 0 Å². The number of β-amino-alcohol motifs (C(OH)–C–C–N with tert-alkyl or cyclic N) is 1.